The molecule has 4 rings (SSSR count). The predicted molar refractivity (Wildman–Crippen MR) is 111 cm³/mol. The van der Waals surface area contributed by atoms with Gasteiger partial charge in [0.05, 0.1) is 5.56 Å². The number of aromatic nitrogens is 3. The van der Waals surface area contributed by atoms with Crippen LogP contribution >= 0.6 is 0 Å². The average Bonchev–Trinajstić information content (AvgIpc) is 2.72. The van der Waals surface area contributed by atoms with Crippen molar-refractivity contribution in [1.29, 1.82) is 0 Å². The van der Waals surface area contributed by atoms with Crippen LogP contribution in [0, 0.1) is 6.92 Å². The highest BCUT2D eigenvalue weighted by molar-refractivity contribution is 5.92. The van der Waals surface area contributed by atoms with Crippen molar-refractivity contribution in [2.45, 2.75) is 19.6 Å². The Kier molecular flexibility index (Phi) is 5.22. The zero-order valence-corrected chi connectivity index (χ0v) is 16.0. The molecule has 5 nitrogen and oxygen atoms in total. The van der Waals surface area contributed by atoms with E-state index >= 15 is 0 Å². The zero-order chi connectivity index (χ0) is 21.1. The monoisotopic (exact) mass is 409 g/mol. The maximum absolute atomic E-state index is 12.9. The number of hydrogen-bond donors (Lipinski definition) is 2. The first-order chi connectivity index (χ1) is 14.4. The summed E-state index contributed by atoms with van der Waals surface area (Å²) >= 11 is 0. The maximum atomic E-state index is 12.9. The lowest BCUT2D eigenvalue weighted by atomic mass is 10.1. The molecular formula is C22H18F3N5. The Morgan fingerprint density at radius 2 is 1.77 bits per heavy atom. The molecule has 2 N–H and O–H groups in total. The lowest BCUT2D eigenvalue weighted by molar-refractivity contribution is -0.137. The normalized spacial score (nSPS) is 11.5. The van der Waals surface area contributed by atoms with Crippen molar-refractivity contribution in [2.24, 2.45) is 0 Å². The van der Waals surface area contributed by atoms with E-state index in [-0.39, 0.29) is 6.54 Å². The molecule has 8 heteroatoms. The highest BCUT2D eigenvalue weighted by Gasteiger charge is 2.30. The zero-order valence-electron chi connectivity index (χ0n) is 16.0. The van der Waals surface area contributed by atoms with Gasteiger partial charge in [-0.05, 0) is 36.1 Å². The van der Waals surface area contributed by atoms with Gasteiger partial charge >= 0.3 is 6.18 Å². The van der Waals surface area contributed by atoms with Gasteiger partial charge in [0, 0.05) is 29.9 Å². The Hall–Kier alpha value is -3.68. The Morgan fingerprint density at radius 3 is 2.60 bits per heavy atom. The fourth-order valence-electron chi connectivity index (χ4n) is 3.09. The van der Waals surface area contributed by atoms with Gasteiger partial charge in [0.15, 0.2) is 0 Å². The molecular weight excluding hydrogens is 391 g/mol. The van der Waals surface area contributed by atoms with Gasteiger partial charge in [-0.2, -0.15) is 18.2 Å². The molecule has 0 amide bonds. The van der Waals surface area contributed by atoms with Crippen LogP contribution in [0.5, 0.6) is 0 Å². The van der Waals surface area contributed by atoms with E-state index in [0.717, 1.165) is 22.9 Å². The van der Waals surface area contributed by atoms with Crippen LogP contribution in [0.2, 0.25) is 0 Å². The third-order valence-corrected chi connectivity index (χ3v) is 4.49. The molecule has 0 bridgehead atoms. The van der Waals surface area contributed by atoms with E-state index in [2.05, 4.69) is 25.6 Å². The number of nitrogens with one attached hydrogen (secondary N) is 2. The summed E-state index contributed by atoms with van der Waals surface area (Å²) in [5.74, 6) is 1.48. The second-order valence-corrected chi connectivity index (χ2v) is 6.78. The van der Waals surface area contributed by atoms with Gasteiger partial charge in [0.2, 0.25) is 5.95 Å². The van der Waals surface area contributed by atoms with E-state index < -0.39 is 11.7 Å². The molecule has 2 aromatic heterocycles. The summed E-state index contributed by atoms with van der Waals surface area (Å²) in [5, 5.41) is 8.16. The van der Waals surface area contributed by atoms with Crippen LogP contribution in [0.15, 0.2) is 66.9 Å². The molecule has 0 unspecified atom stereocenters. The fourth-order valence-corrected chi connectivity index (χ4v) is 3.09. The molecule has 2 heterocycles. The number of benzene rings is 2. The highest BCUT2D eigenvalue weighted by Crippen LogP contribution is 2.29. The number of halogens is 3. The van der Waals surface area contributed by atoms with Crippen LogP contribution in [-0.2, 0) is 12.7 Å². The van der Waals surface area contributed by atoms with E-state index in [1.165, 1.54) is 6.07 Å². The Balaban J connectivity index is 1.54. The summed E-state index contributed by atoms with van der Waals surface area (Å²) < 4.78 is 38.7. The first kappa shape index (κ1) is 19.6. The molecule has 0 aliphatic rings. The second-order valence-electron chi connectivity index (χ2n) is 6.78. The number of hydrogen-bond acceptors (Lipinski definition) is 5. The number of anilines is 3. The van der Waals surface area contributed by atoms with Gasteiger partial charge < -0.3 is 10.6 Å². The van der Waals surface area contributed by atoms with Gasteiger partial charge in [-0.3, -0.25) is 0 Å². The van der Waals surface area contributed by atoms with Crippen molar-refractivity contribution in [2.75, 3.05) is 10.6 Å². The van der Waals surface area contributed by atoms with Crippen molar-refractivity contribution in [1.82, 2.24) is 15.0 Å². The lowest BCUT2D eigenvalue weighted by Crippen LogP contribution is -2.08. The molecule has 0 saturated heterocycles. The second kappa shape index (κ2) is 7.98. The third-order valence-electron chi connectivity index (χ3n) is 4.49. The van der Waals surface area contributed by atoms with E-state index in [1.807, 2.05) is 37.3 Å². The van der Waals surface area contributed by atoms with Crippen molar-refractivity contribution < 1.29 is 13.2 Å². The van der Waals surface area contributed by atoms with Crippen LogP contribution in [-0.4, -0.2) is 15.0 Å². The summed E-state index contributed by atoms with van der Waals surface area (Å²) in [7, 11) is 0. The molecule has 2 aromatic carbocycles. The minimum Gasteiger partial charge on any atom is -0.366 e. The summed E-state index contributed by atoms with van der Waals surface area (Å²) in [6.45, 7) is 2.02. The number of nitrogens with zero attached hydrogens (tertiary/aromatic N) is 3. The summed E-state index contributed by atoms with van der Waals surface area (Å²) in [4.78, 5) is 13.2. The molecule has 0 aliphatic heterocycles. The Bertz CT molecular complexity index is 1190. The first-order valence-corrected chi connectivity index (χ1v) is 9.25. The standard InChI is InChI=1S/C22H18F3N5/c1-14-11-19(27-13-15-5-4-7-17(12-15)22(23,24)25)29-21(28-14)30-20-18-8-3-2-6-16(18)9-10-26-20/h2-12H,13H2,1H3,(H2,26,27,28,29,30). The molecule has 0 fully saturated rings. The number of fused-ring (bicyclic) bond motifs is 1. The molecule has 30 heavy (non-hydrogen) atoms. The van der Waals surface area contributed by atoms with E-state index in [1.54, 1.807) is 18.3 Å². The number of aryl methyl sites for hydroxylation is 1. The maximum Gasteiger partial charge on any atom is 0.416 e. The van der Waals surface area contributed by atoms with Crippen LogP contribution in [0.4, 0.5) is 30.8 Å². The van der Waals surface area contributed by atoms with Crippen molar-refractivity contribution in [3.05, 3.63) is 83.7 Å². The number of rotatable bonds is 5. The van der Waals surface area contributed by atoms with Gasteiger partial charge in [0.25, 0.3) is 0 Å². The third kappa shape index (κ3) is 4.48. The minimum atomic E-state index is -4.37. The van der Waals surface area contributed by atoms with Crippen LogP contribution in [0.25, 0.3) is 10.8 Å². The Morgan fingerprint density at radius 1 is 0.933 bits per heavy atom. The van der Waals surface area contributed by atoms with Crippen LogP contribution in [0.1, 0.15) is 16.8 Å². The minimum absolute atomic E-state index is 0.201. The number of alkyl halides is 3. The largest absolute Gasteiger partial charge is 0.416 e. The lowest BCUT2D eigenvalue weighted by Gasteiger charge is -2.12. The first-order valence-electron chi connectivity index (χ1n) is 9.25. The molecule has 152 valence electrons. The predicted octanol–water partition coefficient (Wildman–Crippen LogP) is 5.71. The summed E-state index contributed by atoms with van der Waals surface area (Å²) in [5.41, 5.74) is 0.538. The van der Waals surface area contributed by atoms with Crippen LogP contribution in [0.3, 0.4) is 0 Å². The number of pyridine rings is 1. The molecule has 4 aromatic rings. The van der Waals surface area contributed by atoms with Crippen molar-refractivity contribution in [3.8, 4) is 0 Å². The van der Waals surface area contributed by atoms with E-state index in [9.17, 15) is 13.2 Å². The van der Waals surface area contributed by atoms with Crippen molar-refractivity contribution >= 4 is 28.4 Å². The average molecular weight is 409 g/mol. The van der Waals surface area contributed by atoms with Crippen molar-refractivity contribution in [3.63, 3.8) is 0 Å². The van der Waals surface area contributed by atoms with Gasteiger partial charge in [-0.25, -0.2) is 9.97 Å². The van der Waals surface area contributed by atoms with Gasteiger partial charge in [-0.15, -0.1) is 0 Å². The summed E-state index contributed by atoms with van der Waals surface area (Å²) in [6.07, 6.45) is -2.67. The Labute approximate surface area is 171 Å². The smallest absolute Gasteiger partial charge is 0.366 e. The molecule has 0 radical (unpaired) electrons. The molecule has 0 atom stereocenters. The summed E-state index contributed by atoms with van der Waals surface area (Å²) in [6, 6.07) is 16.7. The molecule has 0 saturated carbocycles. The van der Waals surface area contributed by atoms with E-state index in [4.69, 9.17) is 0 Å². The SMILES string of the molecule is Cc1cc(NCc2cccc(C(F)(F)F)c2)nc(Nc2nccc3ccccc23)n1. The molecule has 0 aliphatic carbocycles. The quantitative estimate of drug-likeness (QED) is 0.442. The van der Waals surface area contributed by atoms with E-state index in [0.29, 0.717) is 28.8 Å². The fraction of sp³-hybridized carbons (Fsp3) is 0.136. The highest BCUT2D eigenvalue weighted by atomic mass is 19.4. The van der Waals surface area contributed by atoms with Gasteiger partial charge in [0.1, 0.15) is 11.6 Å². The van der Waals surface area contributed by atoms with Crippen LogP contribution < -0.4 is 10.6 Å². The van der Waals surface area contributed by atoms with Gasteiger partial charge in [-0.1, -0.05) is 36.4 Å². The molecule has 0 spiro atoms. The topological polar surface area (TPSA) is 62.7 Å².